The van der Waals surface area contributed by atoms with Crippen LogP contribution in [0.15, 0.2) is 23.2 Å². The molecular formula is C18H31N3O2. The van der Waals surface area contributed by atoms with Gasteiger partial charge < -0.3 is 20.5 Å². The molecule has 1 rings (SSSR count). The van der Waals surface area contributed by atoms with Crippen LogP contribution in [-0.2, 0) is 6.54 Å². The summed E-state index contributed by atoms with van der Waals surface area (Å²) in [7, 11) is 1.65. The van der Waals surface area contributed by atoms with Crippen molar-refractivity contribution < 1.29 is 9.47 Å². The van der Waals surface area contributed by atoms with Gasteiger partial charge in [-0.1, -0.05) is 39.2 Å². The molecule has 1 aromatic rings. The molecule has 5 heteroatoms. The van der Waals surface area contributed by atoms with Crippen LogP contribution in [0, 0.1) is 0 Å². The van der Waals surface area contributed by atoms with Gasteiger partial charge in [-0.15, -0.1) is 0 Å². The van der Waals surface area contributed by atoms with Crippen molar-refractivity contribution in [2.24, 2.45) is 10.7 Å². The van der Waals surface area contributed by atoms with Gasteiger partial charge >= 0.3 is 0 Å². The molecule has 23 heavy (non-hydrogen) atoms. The lowest BCUT2D eigenvalue weighted by molar-refractivity contribution is 0.294. The Labute approximate surface area is 140 Å². The van der Waals surface area contributed by atoms with E-state index in [9.17, 15) is 0 Å². The van der Waals surface area contributed by atoms with E-state index in [4.69, 9.17) is 15.2 Å². The van der Waals surface area contributed by atoms with Crippen LogP contribution < -0.4 is 20.5 Å². The molecule has 0 saturated heterocycles. The Morgan fingerprint density at radius 2 is 1.96 bits per heavy atom. The molecule has 0 unspecified atom stereocenters. The summed E-state index contributed by atoms with van der Waals surface area (Å²) >= 11 is 0. The minimum absolute atomic E-state index is 0.492. The maximum Gasteiger partial charge on any atom is 0.188 e. The molecular weight excluding hydrogens is 290 g/mol. The molecule has 0 spiro atoms. The van der Waals surface area contributed by atoms with Crippen LogP contribution in [-0.4, -0.2) is 26.2 Å². The zero-order chi connectivity index (χ0) is 16.9. The van der Waals surface area contributed by atoms with Crippen LogP contribution in [0.3, 0.4) is 0 Å². The zero-order valence-electron chi connectivity index (χ0n) is 14.7. The molecule has 0 aromatic heterocycles. The van der Waals surface area contributed by atoms with E-state index in [1.165, 1.54) is 19.3 Å². The van der Waals surface area contributed by atoms with Gasteiger partial charge in [0.1, 0.15) is 0 Å². The first-order valence-electron chi connectivity index (χ1n) is 8.54. The third-order valence-electron chi connectivity index (χ3n) is 3.46. The highest BCUT2D eigenvalue weighted by Crippen LogP contribution is 2.28. The van der Waals surface area contributed by atoms with E-state index < -0.39 is 0 Å². The fourth-order valence-electron chi connectivity index (χ4n) is 2.14. The van der Waals surface area contributed by atoms with Crippen LogP contribution >= 0.6 is 0 Å². The van der Waals surface area contributed by atoms with Gasteiger partial charge in [-0.2, -0.15) is 0 Å². The molecule has 0 heterocycles. The SMILES string of the molecule is CCCCCCNC(N)=NCc1ccc(OCCC)c(OC)c1. The van der Waals surface area contributed by atoms with Crippen molar-refractivity contribution in [1.29, 1.82) is 0 Å². The summed E-state index contributed by atoms with van der Waals surface area (Å²) in [4.78, 5) is 4.37. The molecule has 0 aliphatic rings. The predicted octanol–water partition coefficient (Wildman–Crippen LogP) is 3.47. The Morgan fingerprint density at radius 1 is 1.13 bits per heavy atom. The molecule has 3 N–H and O–H groups in total. The van der Waals surface area contributed by atoms with Crippen molar-refractivity contribution in [1.82, 2.24) is 5.32 Å². The summed E-state index contributed by atoms with van der Waals surface area (Å²) in [6.07, 6.45) is 5.83. The Hall–Kier alpha value is -1.91. The molecule has 1 aromatic carbocycles. The summed E-state index contributed by atoms with van der Waals surface area (Å²) in [5.41, 5.74) is 6.93. The highest BCUT2D eigenvalue weighted by Gasteiger charge is 2.05. The number of methoxy groups -OCH3 is 1. The summed E-state index contributed by atoms with van der Waals surface area (Å²) in [5, 5.41) is 3.15. The van der Waals surface area contributed by atoms with Crippen LogP contribution in [0.5, 0.6) is 11.5 Å². The number of ether oxygens (including phenoxy) is 2. The van der Waals surface area contributed by atoms with Crippen molar-refractivity contribution >= 4 is 5.96 Å². The molecule has 0 amide bonds. The number of hydrogen-bond donors (Lipinski definition) is 2. The lowest BCUT2D eigenvalue weighted by Gasteiger charge is -2.11. The molecule has 5 nitrogen and oxygen atoms in total. The smallest absolute Gasteiger partial charge is 0.188 e. The van der Waals surface area contributed by atoms with E-state index in [1.807, 2.05) is 18.2 Å². The quantitative estimate of drug-likeness (QED) is 0.372. The fraction of sp³-hybridized carbons (Fsp3) is 0.611. The largest absolute Gasteiger partial charge is 0.493 e. The lowest BCUT2D eigenvalue weighted by atomic mass is 10.2. The monoisotopic (exact) mass is 321 g/mol. The molecule has 0 atom stereocenters. The number of hydrogen-bond acceptors (Lipinski definition) is 3. The van der Waals surface area contributed by atoms with E-state index in [0.717, 1.165) is 36.4 Å². The minimum Gasteiger partial charge on any atom is -0.493 e. The zero-order valence-corrected chi connectivity index (χ0v) is 14.7. The molecule has 0 aliphatic carbocycles. The Balaban J connectivity index is 2.48. The van der Waals surface area contributed by atoms with Gasteiger partial charge in [0.25, 0.3) is 0 Å². The number of rotatable bonds is 11. The summed E-state index contributed by atoms with van der Waals surface area (Å²) < 4.78 is 11.0. The van der Waals surface area contributed by atoms with Gasteiger partial charge in [-0.3, -0.25) is 0 Å². The van der Waals surface area contributed by atoms with Gasteiger partial charge in [0.2, 0.25) is 0 Å². The molecule has 0 radical (unpaired) electrons. The second-order valence-corrected chi connectivity index (χ2v) is 5.52. The third kappa shape index (κ3) is 7.77. The van der Waals surface area contributed by atoms with E-state index in [0.29, 0.717) is 19.1 Å². The number of unbranched alkanes of at least 4 members (excludes halogenated alkanes) is 3. The first kappa shape index (κ1) is 19.1. The number of nitrogens with zero attached hydrogens (tertiary/aromatic N) is 1. The van der Waals surface area contributed by atoms with Gasteiger partial charge in [0, 0.05) is 6.54 Å². The molecule has 130 valence electrons. The standard InChI is InChI=1S/C18H31N3O2/c1-4-6-7-8-11-20-18(19)21-14-15-9-10-16(23-12-5-2)17(13-15)22-3/h9-10,13H,4-8,11-12,14H2,1-3H3,(H3,19,20,21). The van der Waals surface area contributed by atoms with E-state index in [2.05, 4.69) is 24.2 Å². The van der Waals surface area contributed by atoms with E-state index >= 15 is 0 Å². The average molecular weight is 321 g/mol. The van der Waals surface area contributed by atoms with Crippen LogP contribution in [0.1, 0.15) is 51.5 Å². The van der Waals surface area contributed by atoms with Crippen molar-refractivity contribution in [3.63, 3.8) is 0 Å². The van der Waals surface area contributed by atoms with Gasteiger partial charge in [0.05, 0.1) is 20.3 Å². The first-order chi connectivity index (χ1) is 11.2. The van der Waals surface area contributed by atoms with Gasteiger partial charge in [0.15, 0.2) is 17.5 Å². The van der Waals surface area contributed by atoms with Gasteiger partial charge in [-0.25, -0.2) is 4.99 Å². The fourth-order valence-corrected chi connectivity index (χ4v) is 2.14. The molecule has 0 aliphatic heterocycles. The van der Waals surface area contributed by atoms with Crippen molar-refractivity contribution in [3.8, 4) is 11.5 Å². The highest BCUT2D eigenvalue weighted by atomic mass is 16.5. The summed E-state index contributed by atoms with van der Waals surface area (Å²) in [6.45, 7) is 6.37. The Morgan fingerprint density at radius 3 is 2.65 bits per heavy atom. The molecule has 0 saturated carbocycles. The summed E-state index contributed by atoms with van der Waals surface area (Å²) in [6, 6.07) is 5.86. The average Bonchev–Trinajstić information content (AvgIpc) is 2.58. The van der Waals surface area contributed by atoms with Crippen molar-refractivity contribution in [3.05, 3.63) is 23.8 Å². The number of guanidine groups is 1. The maximum atomic E-state index is 5.89. The highest BCUT2D eigenvalue weighted by molar-refractivity contribution is 5.77. The number of aliphatic imine (C=N–C) groups is 1. The Bertz CT molecular complexity index is 475. The maximum absolute atomic E-state index is 5.89. The van der Waals surface area contributed by atoms with Gasteiger partial charge in [-0.05, 0) is 30.5 Å². The molecule has 0 bridgehead atoms. The van der Waals surface area contributed by atoms with Crippen LogP contribution in [0.25, 0.3) is 0 Å². The van der Waals surface area contributed by atoms with E-state index in [-0.39, 0.29) is 0 Å². The topological polar surface area (TPSA) is 68.9 Å². The second kappa shape index (κ2) is 11.6. The van der Waals surface area contributed by atoms with Crippen LogP contribution in [0.2, 0.25) is 0 Å². The van der Waals surface area contributed by atoms with Crippen molar-refractivity contribution in [2.45, 2.75) is 52.5 Å². The lowest BCUT2D eigenvalue weighted by Crippen LogP contribution is -2.32. The number of nitrogens with two attached hydrogens (primary N) is 1. The third-order valence-corrected chi connectivity index (χ3v) is 3.46. The Kier molecular flexibility index (Phi) is 9.68. The van der Waals surface area contributed by atoms with Crippen molar-refractivity contribution in [2.75, 3.05) is 20.3 Å². The second-order valence-electron chi connectivity index (χ2n) is 5.52. The number of benzene rings is 1. The van der Waals surface area contributed by atoms with Crippen LogP contribution in [0.4, 0.5) is 0 Å². The summed E-state index contributed by atoms with van der Waals surface area (Å²) in [5.74, 6) is 1.99. The normalized spacial score (nSPS) is 11.3. The first-order valence-corrected chi connectivity index (χ1v) is 8.54. The minimum atomic E-state index is 0.492. The number of nitrogens with one attached hydrogen (secondary N) is 1. The predicted molar refractivity (Wildman–Crippen MR) is 96.3 cm³/mol. The molecule has 0 fully saturated rings. The van der Waals surface area contributed by atoms with E-state index in [1.54, 1.807) is 7.11 Å².